The molecule has 1 aliphatic heterocycles. The molecule has 2 fully saturated rings. The van der Waals surface area contributed by atoms with E-state index in [1.54, 1.807) is 0 Å². The molecule has 2 heteroatoms. The lowest BCUT2D eigenvalue weighted by molar-refractivity contribution is -0.0181. The highest BCUT2D eigenvalue weighted by atomic mass is 16.5. The van der Waals surface area contributed by atoms with E-state index >= 15 is 0 Å². The quantitative estimate of drug-likeness (QED) is 0.749. The van der Waals surface area contributed by atoms with Gasteiger partial charge in [0, 0.05) is 5.92 Å². The van der Waals surface area contributed by atoms with Crippen LogP contribution in [0.4, 0.5) is 0 Å². The molecule has 1 saturated heterocycles. The van der Waals surface area contributed by atoms with E-state index in [1.165, 1.54) is 6.42 Å². The second-order valence-corrected chi connectivity index (χ2v) is 6.47. The van der Waals surface area contributed by atoms with Crippen LogP contribution in [0.1, 0.15) is 47.0 Å². The molecule has 0 aromatic carbocycles. The van der Waals surface area contributed by atoms with Crippen LogP contribution in [0.5, 0.6) is 0 Å². The standard InChI is InChI=1S/C15H26O2/c1-10(2)5-8-14-15(4,16)12-7-6-11(3)9-13(12)17-14/h5,8,10-14,16H,6-7,9H2,1-4H3. The minimum atomic E-state index is -0.684. The lowest BCUT2D eigenvalue weighted by Gasteiger charge is -2.34. The molecule has 98 valence electrons. The van der Waals surface area contributed by atoms with Crippen molar-refractivity contribution >= 4 is 0 Å². The van der Waals surface area contributed by atoms with Gasteiger partial charge in [0.05, 0.1) is 11.7 Å². The molecule has 0 amide bonds. The molecule has 0 aromatic rings. The van der Waals surface area contributed by atoms with Crippen LogP contribution in [0.15, 0.2) is 12.2 Å². The molecule has 0 spiro atoms. The normalized spacial score (nSPS) is 46.7. The van der Waals surface area contributed by atoms with Crippen LogP contribution < -0.4 is 0 Å². The predicted octanol–water partition coefficient (Wildman–Crippen LogP) is 3.15. The third-order valence-electron chi connectivity index (χ3n) is 4.37. The zero-order chi connectivity index (χ0) is 12.6. The van der Waals surface area contributed by atoms with E-state index in [2.05, 4.69) is 32.9 Å². The van der Waals surface area contributed by atoms with E-state index < -0.39 is 5.60 Å². The molecule has 2 nitrogen and oxygen atoms in total. The lowest BCUT2D eigenvalue weighted by atomic mass is 9.73. The minimum absolute atomic E-state index is 0.120. The first-order valence-electron chi connectivity index (χ1n) is 6.97. The Morgan fingerprint density at radius 2 is 2.06 bits per heavy atom. The fourth-order valence-electron chi connectivity index (χ4n) is 3.25. The lowest BCUT2D eigenvalue weighted by Crippen LogP contribution is -2.42. The third kappa shape index (κ3) is 2.58. The summed E-state index contributed by atoms with van der Waals surface area (Å²) in [4.78, 5) is 0. The van der Waals surface area contributed by atoms with E-state index in [4.69, 9.17) is 4.74 Å². The second-order valence-electron chi connectivity index (χ2n) is 6.47. The van der Waals surface area contributed by atoms with Gasteiger partial charge >= 0.3 is 0 Å². The van der Waals surface area contributed by atoms with E-state index in [0.717, 1.165) is 18.8 Å². The Bertz CT molecular complexity index is 293. The Balaban J connectivity index is 2.10. The summed E-state index contributed by atoms with van der Waals surface area (Å²) in [5, 5.41) is 10.7. The molecule has 2 aliphatic rings. The molecule has 1 heterocycles. The number of hydrogen-bond acceptors (Lipinski definition) is 2. The Morgan fingerprint density at radius 3 is 2.71 bits per heavy atom. The molecule has 0 bridgehead atoms. The molecular weight excluding hydrogens is 212 g/mol. The largest absolute Gasteiger partial charge is 0.387 e. The molecule has 1 N–H and O–H groups in total. The maximum absolute atomic E-state index is 10.7. The van der Waals surface area contributed by atoms with Crippen molar-refractivity contribution in [3.8, 4) is 0 Å². The predicted molar refractivity (Wildman–Crippen MR) is 69.8 cm³/mol. The summed E-state index contributed by atoms with van der Waals surface area (Å²) in [6, 6.07) is 0. The van der Waals surface area contributed by atoms with Gasteiger partial charge in [0.15, 0.2) is 0 Å². The molecule has 0 aromatic heterocycles. The Kier molecular flexibility index (Phi) is 3.65. The number of hydrogen-bond donors (Lipinski definition) is 1. The molecule has 0 radical (unpaired) electrons. The first-order chi connectivity index (χ1) is 7.91. The maximum atomic E-state index is 10.7. The van der Waals surface area contributed by atoms with E-state index in [0.29, 0.717) is 11.8 Å². The smallest absolute Gasteiger partial charge is 0.105 e. The number of fused-ring (bicyclic) bond motifs is 1. The van der Waals surface area contributed by atoms with Gasteiger partial charge in [-0.1, -0.05) is 39.3 Å². The molecule has 5 unspecified atom stereocenters. The first kappa shape index (κ1) is 13.1. The highest BCUT2D eigenvalue weighted by Crippen LogP contribution is 2.46. The van der Waals surface area contributed by atoms with Crippen molar-refractivity contribution in [3.63, 3.8) is 0 Å². The van der Waals surface area contributed by atoms with Crippen LogP contribution in [0.3, 0.4) is 0 Å². The monoisotopic (exact) mass is 238 g/mol. The van der Waals surface area contributed by atoms with Gasteiger partial charge in [0.25, 0.3) is 0 Å². The summed E-state index contributed by atoms with van der Waals surface area (Å²) in [6.45, 7) is 8.53. The Labute approximate surface area is 105 Å². The van der Waals surface area contributed by atoms with Gasteiger partial charge in [0.2, 0.25) is 0 Å². The average molecular weight is 238 g/mol. The summed E-state index contributed by atoms with van der Waals surface area (Å²) in [6.07, 6.45) is 7.77. The Hall–Kier alpha value is -0.340. The van der Waals surface area contributed by atoms with Crippen molar-refractivity contribution in [2.75, 3.05) is 0 Å². The third-order valence-corrected chi connectivity index (χ3v) is 4.37. The van der Waals surface area contributed by atoms with E-state index in [1.807, 2.05) is 6.92 Å². The van der Waals surface area contributed by atoms with Crippen molar-refractivity contribution < 1.29 is 9.84 Å². The van der Waals surface area contributed by atoms with Crippen molar-refractivity contribution in [2.45, 2.75) is 64.8 Å². The van der Waals surface area contributed by atoms with Gasteiger partial charge in [0.1, 0.15) is 6.10 Å². The SMILES string of the molecule is CC(C)C=CC1OC2CC(C)CCC2C1(C)O. The van der Waals surface area contributed by atoms with Crippen molar-refractivity contribution in [2.24, 2.45) is 17.8 Å². The first-order valence-corrected chi connectivity index (χ1v) is 6.97. The fourth-order valence-corrected chi connectivity index (χ4v) is 3.25. The molecular formula is C15H26O2. The van der Waals surface area contributed by atoms with Gasteiger partial charge in [-0.2, -0.15) is 0 Å². The van der Waals surface area contributed by atoms with Crippen LogP contribution in [-0.4, -0.2) is 22.9 Å². The van der Waals surface area contributed by atoms with Gasteiger partial charge in [-0.25, -0.2) is 0 Å². The molecule has 1 saturated carbocycles. The summed E-state index contributed by atoms with van der Waals surface area (Å²) in [5.74, 6) is 1.57. The summed E-state index contributed by atoms with van der Waals surface area (Å²) in [5.41, 5.74) is -0.684. The van der Waals surface area contributed by atoms with Crippen LogP contribution in [0.2, 0.25) is 0 Å². The Morgan fingerprint density at radius 1 is 1.35 bits per heavy atom. The van der Waals surface area contributed by atoms with E-state index in [9.17, 15) is 5.11 Å². The summed E-state index contributed by atoms with van der Waals surface area (Å²) < 4.78 is 6.06. The van der Waals surface area contributed by atoms with Crippen molar-refractivity contribution in [1.29, 1.82) is 0 Å². The fraction of sp³-hybridized carbons (Fsp3) is 0.867. The van der Waals surface area contributed by atoms with Gasteiger partial charge in [-0.15, -0.1) is 0 Å². The van der Waals surface area contributed by atoms with Crippen LogP contribution >= 0.6 is 0 Å². The zero-order valence-electron chi connectivity index (χ0n) is 11.5. The number of allylic oxidation sites excluding steroid dienone is 1. The van der Waals surface area contributed by atoms with Crippen LogP contribution in [0.25, 0.3) is 0 Å². The zero-order valence-corrected chi connectivity index (χ0v) is 11.5. The maximum Gasteiger partial charge on any atom is 0.105 e. The number of rotatable bonds is 2. The summed E-state index contributed by atoms with van der Waals surface area (Å²) in [7, 11) is 0. The van der Waals surface area contributed by atoms with Crippen molar-refractivity contribution in [3.05, 3.63) is 12.2 Å². The van der Waals surface area contributed by atoms with Crippen LogP contribution in [-0.2, 0) is 4.74 Å². The highest BCUT2D eigenvalue weighted by Gasteiger charge is 2.52. The average Bonchev–Trinajstić information content (AvgIpc) is 2.46. The van der Waals surface area contributed by atoms with Gasteiger partial charge in [-0.3, -0.25) is 0 Å². The number of aliphatic hydroxyl groups is 1. The topological polar surface area (TPSA) is 29.5 Å². The highest BCUT2D eigenvalue weighted by molar-refractivity contribution is 5.10. The molecule has 2 rings (SSSR count). The van der Waals surface area contributed by atoms with Crippen molar-refractivity contribution in [1.82, 2.24) is 0 Å². The second kappa shape index (κ2) is 4.74. The summed E-state index contributed by atoms with van der Waals surface area (Å²) >= 11 is 0. The van der Waals surface area contributed by atoms with Gasteiger partial charge < -0.3 is 9.84 Å². The number of ether oxygens (including phenoxy) is 1. The van der Waals surface area contributed by atoms with Gasteiger partial charge in [-0.05, 0) is 31.6 Å². The van der Waals surface area contributed by atoms with Crippen LogP contribution in [0, 0.1) is 17.8 Å². The minimum Gasteiger partial charge on any atom is -0.387 e. The molecule has 17 heavy (non-hydrogen) atoms. The molecule has 5 atom stereocenters. The molecule has 1 aliphatic carbocycles. The van der Waals surface area contributed by atoms with E-state index in [-0.39, 0.29) is 12.2 Å².